The number of aliphatic carboxylic acids is 1. The summed E-state index contributed by atoms with van der Waals surface area (Å²) < 4.78 is 11.1. The third kappa shape index (κ3) is 6.64. The number of nitrogens with one attached hydrogen (secondary N) is 2. The summed E-state index contributed by atoms with van der Waals surface area (Å²) in [5.41, 5.74) is 0.0457. The largest absolute Gasteiger partial charge is 0.478 e. The van der Waals surface area contributed by atoms with Gasteiger partial charge >= 0.3 is 11.9 Å². The van der Waals surface area contributed by atoms with Crippen LogP contribution in [0, 0.1) is 16.0 Å². The van der Waals surface area contributed by atoms with E-state index in [0.717, 1.165) is 0 Å². The number of nitrogens with zero attached hydrogens (tertiary/aromatic N) is 1. The second kappa shape index (κ2) is 11.4. The van der Waals surface area contributed by atoms with Crippen LogP contribution in [0.2, 0.25) is 0 Å². The number of carbonyl (C=O) groups excluding carboxylic acids is 2. The molecule has 1 aliphatic carbocycles. The molecule has 1 heterocycles. The number of furan rings is 1. The van der Waals surface area contributed by atoms with Gasteiger partial charge in [-0.05, 0) is 31.4 Å². The van der Waals surface area contributed by atoms with Crippen LogP contribution in [-0.4, -0.2) is 52.6 Å². The van der Waals surface area contributed by atoms with Crippen LogP contribution in [0.5, 0.6) is 0 Å². The van der Waals surface area contributed by atoms with Crippen molar-refractivity contribution < 1.29 is 33.6 Å². The van der Waals surface area contributed by atoms with Crippen molar-refractivity contribution in [3.8, 4) is 0 Å². The average Bonchev–Trinajstić information content (AvgIpc) is 3.21. The number of hydrogen-bond donors (Lipinski definition) is 3. The fourth-order valence-corrected chi connectivity index (χ4v) is 3.66. The molecule has 3 N–H and O–H groups in total. The summed E-state index contributed by atoms with van der Waals surface area (Å²) in [6, 6.07) is 1.95. The van der Waals surface area contributed by atoms with E-state index in [1.165, 1.54) is 25.1 Å². The Bertz CT molecular complexity index is 874. The Morgan fingerprint density at radius 3 is 2.53 bits per heavy atom. The zero-order chi connectivity index (χ0) is 23.8. The van der Waals surface area contributed by atoms with Crippen molar-refractivity contribution in [3.05, 3.63) is 39.7 Å². The van der Waals surface area contributed by atoms with Gasteiger partial charge in [0, 0.05) is 25.5 Å². The van der Waals surface area contributed by atoms with Crippen molar-refractivity contribution in [3.63, 3.8) is 0 Å². The molecule has 0 fully saturated rings. The number of nitro groups is 1. The van der Waals surface area contributed by atoms with Crippen LogP contribution in [0.4, 0.5) is 5.88 Å². The molecule has 1 aromatic rings. The molecule has 1 aromatic heterocycles. The standard InChI is InChI=1S/C21H29N3O8/c1-4-14(5-2)31-17-11-13(21(27)28)10-16(19(17)23-12(3)25)20(26)22-9-8-15-6-7-18(32-15)24(29)30/h6-7,11,14,16-17,19H,4-5,8-10H2,1-3H3,(H,22,26)(H,23,25)(H,27,28)/t16-,17+,19+/m0/s1. The molecule has 3 atom stereocenters. The summed E-state index contributed by atoms with van der Waals surface area (Å²) in [6.07, 6.45) is 2.08. The topological polar surface area (TPSA) is 161 Å². The van der Waals surface area contributed by atoms with Gasteiger partial charge in [0.05, 0.1) is 30.2 Å². The second-order valence-corrected chi connectivity index (χ2v) is 7.61. The first-order valence-electron chi connectivity index (χ1n) is 10.5. The molecule has 0 aromatic carbocycles. The van der Waals surface area contributed by atoms with Crippen LogP contribution in [0.1, 0.15) is 45.8 Å². The second-order valence-electron chi connectivity index (χ2n) is 7.61. The molecule has 11 nitrogen and oxygen atoms in total. The first-order valence-corrected chi connectivity index (χ1v) is 10.5. The predicted molar refractivity (Wildman–Crippen MR) is 113 cm³/mol. The van der Waals surface area contributed by atoms with Gasteiger partial charge in [-0.3, -0.25) is 19.7 Å². The van der Waals surface area contributed by atoms with Gasteiger partial charge in [0.2, 0.25) is 11.8 Å². The molecule has 11 heteroatoms. The van der Waals surface area contributed by atoms with Gasteiger partial charge < -0.3 is 24.9 Å². The maximum atomic E-state index is 13.0. The Morgan fingerprint density at radius 1 is 1.31 bits per heavy atom. The summed E-state index contributed by atoms with van der Waals surface area (Å²) in [4.78, 5) is 46.5. The Balaban J connectivity index is 2.15. The third-order valence-corrected chi connectivity index (χ3v) is 5.33. The molecule has 32 heavy (non-hydrogen) atoms. The first-order chi connectivity index (χ1) is 15.2. The molecule has 0 unspecified atom stereocenters. The zero-order valence-electron chi connectivity index (χ0n) is 18.3. The molecule has 2 rings (SSSR count). The maximum Gasteiger partial charge on any atom is 0.433 e. The van der Waals surface area contributed by atoms with E-state index >= 15 is 0 Å². The van der Waals surface area contributed by atoms with Crippen molar-refractivity contribution in [2.24, 2.45) is 5.92 Å². The van der Waals surface area contributed by atoms with Gasteiger partial charge in [-0.2, -0.15) is 0 Å². The van der Waals surface area contributed by atoms with Gasteiger partial charge in [-0.25, -0.2) is 4.79 Å². The lowest BCUT2D eigenvalue weighted by molar-refractivity contribution is -0.402. The minimum Gasteiger partial charge on any atom is -0.478 e. The molecule has 176 valence electrons. The number of carboxylic acid groups (broad SMARTS) is 1. The van der Waals surface area contributed by atoms with Crippen molar-refractivity contribution >= 4 is 23.7 Å². The van der Waals surface area contributed by atoms with E-state index in [2.05, 4.69) is 10.6 Å². The molecule has 0 saturated carbocycles. The predicted octanol–water partition coefficient (Wildman–Crippen LogP) is 1.96. The molecule has 0 bridgehead atoms. The van der Waals surface area contributed by atoms with Crippen molar-refractivity contribution in [1.29, 1.82) is 0 Å². The van der Waals surface area contributed by atoms with Gasteiger partial charge in [0.1, 0.15) is 10.7 Å². The lowest BCUT2D eigenvalue weighted by Crippen LogP contribution is -2.55. The maximum absolute atomic E-state index is 13.0. The normalized spacial score (nSPS) is 20.5. The van der Waals surface area contributed by atoms with Gasteiger partial charge in [-0.1, -0.05) is 13.8 Å². The zero-order valence-corrected chi connectivity index (χ0v) is 18.3. The fourth-order valence-electron chi connectivity index (χ4n) is 3.66. The van der Waals surface area contributed by atoms with Crippen molar-refractivity contribution in [1.82, 2.24) is 10.6 Å². The number of carboxylic acids is 1. The van der Waals surface area contributed by atoms with Gasteiger partial charge in [0.25, 0.3) is 0 Å². The monoisotopic (exact) mass is 451 g/mol. The molecule has 2 amide bonds. The Hall–Kier alpha value is -3.21. The van der Waals surface area contributed by atoms with Crippen LogP contribution in [0.3, 0.4) is 0 Å². The van der Waals surface area contributed by atoms with E-state index < -0.39 is 34.9 Å². The van der Waals surface area contributed by atoms with Crippen LogP contribution < -0.4 is 10.6 Å². The fraction of sp³-hybridized carbons (Fsp3) is 0.571. The Morgan fingerprint density at radius 2 is 2.00 bits per heavy atom. The molecule has 1 aliphatic rings. The summed E-state index contributed by atoms with van der Waals surface area (Å²) in [6.45, 7) is 5.32. The molecular formula is C21H29N3O8. The molecule has 0 aliphatic heterocycles. The van der Waals surface area contributed by atoms with Crippen molar-refractivity contribution in [2.45, 2.75) is 64.7 Å². The lowest BCUT2D eigenvalue weighted by atomic mass is 9.81. The molecular weight excluding hydrogens is 422 g/mol. The number of ether oxygens (including phenoxy) is 1. The SMILES string of the molecule is CCC(CC)O[C@@H]1C=C(C(=O)O)C[C@H](C(=O)NCCc2ccc([N+](=O)[O-])o2)[C@H]1NC(C)=O. The van der Waals surface area contributed by atoms with E-state index in [-0.39, 0.29) is 42.9 Å². The average molecular weight is 451 g/mol. The van der Waals surface area contributed by atoms with E-state index in [1.54, 1.807) is 0 Å². The smallest absolute Gasteiger partial charge is 0.433 e. The summed E-state index contributed by atoms with van der Waals surface area (Å²) in [5.74, 6) is -2.87. The van der Waals surface area contributed by atoms with E-state index in [9.17, 15) is 29.6 Å². The first kappa shape index (κ1) is 25.1. The van der Waals surface area contributed by atoms with Gasteiger partial charge in [0.15, 0.2) is 0 Å². The highest BCUT2D eigenvalue weighted by Gasteiger charge is 2.41. The summed E-state index contributed by atoms with van der Waals surface area (Å²) in [7, 11) is 0. The molecule has 0 spiro atoms. The van der Waals surface area contributed by atoms with Crippen LogP contribution in [0.15, 0.2) is 28.2 Å². The number of amides is 2. The number of rotatable bonds is 11. The third-order valence-electron chi connectivity index (χ3n) is 5.33. The van der Waals surface area contributed by atoms with E-state index in [0.29, 0.717) is 18.6 Å². The molecule has 0 radical (unpaired) electrons. The quantitative estimate of drug-likeness (QED) is 0.340. The Labute approximate surface area is 185 Å². The van der Waals surface area contributed by atoms with Gasteiger partial charge in [-0.15, -0.1) is 0 Å². The minimum absolute atomic E-state index is 0.0457. The highest BCUT2D eigenvalue weighted by molar-refractivity contribution is 5.90. The highest BCUT2D eigenvalue weighted by Crippen LogP contribution is 2.29. The molecule has 0 saturated heterocycles. The summed E-state index contributed by atoms with van der Waals surface area (Å²) >= 11 is 0. The van der Waals surface area contributed by atoms with Crippen LogP contribution >= 0.6 is 0 Å². The lowest BCUT2D eigenvalue weighted by Gasteiger charge is -2.37. The Kier molecular flexibility index (Phi) is 8.94. The summed E-state index contributed by atoms with van der Waals surface area (Å²) in [5, 5.41) is 25.7. The van der Waals surface area contributed by atoms with Crippen LogP contribution in [-0.2, 0) is 25.5 Å². The highest BCUT2D eigenvalue weighted by atomic mass is 16.6. The van der Waals surface area contributed by atoms with E-state index in [1.807, 2.05) is 13.8 Å². The number of hydrogen-bond acceptors (Lipinski definition) is 7. The van der Waals surface area contributed by atoms with Crippen molar-refractivity contribution in [2.75, 3.05) is 6.54 Å². The number of carbonyl (C=O) groups is 3. The van der Waals surface area contributed by atoms with E-state index in [4.69, 9.17) is 9.15 Å². The van der Waals surface area contributed by atoms with Crippen LogP contribution in [0.25, 0.3) is 0 Å². The minimum atomic E-state index is -1.15.